The first-order valence-corrected chi connectivity index (χ1v) is 15.8. The lowest BCUT2D eigenvalue weighted by Gasteiger charge is -2.46. The van der Waals surface area contributed by atoms with E-state index in [1.165, 1.54) is 12.0 Å². The molecule has 0 radical (unpaired) electrons. The van der Waals surface area contributed by atoms with Crippen LogP contribution in [0.3, 0.4) is 0 Å². The molecule has 260 valence electrons. The number of hydrogen-bond acceptors (Lipinski definition) is 8. The van der Waals surface area contributed by atoms with E-state index in [1.54, 1.807) is 25.3 Å². The number of pyridine rings is 1. The molecular weight excluding hydrogens is 642 g/mol. The number of methoxy groups -OCH3 is 1. The topological polar surface area (TPSA) is 107 Å². The summed E-state index contributed by atoms with van der Waals surface area (Å²) >= 11 is 0. The van der Waals surface area contributed by atoms with Crippen LogP contribution in [0.1, 0.15) is 86.3 Å². The Morgan fingerprint density at radius 1 is 1.00 bits per heavy atom. The number of ether oxygens (including phenoxy) is 2. The number of aromatic nitrogens is 3. The number of piperidine rings is 1. The van der Waals surface area contributed by atoms with Gasteiger partial charge in [0.25, 0.3) is 0 Å². The molecule has 0 saturated carbocycles. The van der Waals surface area contributed by atoms with E-state index in [9.17, 15) is 31.1 Å². The summed E-state index contributed by atoms with van der Waals surface area (Å²) in [4.78, 5) is 30.7. The molecule has 2 atom stereocenters. The minimum atomic E-state index is -5.00. The Kier molecular flexibility index (Phi) is 9.82. The molecule has 2 aliphatic heterocycles. The summed E-state index contributed by atoms with van der Waals surface area (Å²) in [6, 6.07) is 4.76. The van der Waals surface area contributed by atoms with Crippen LogP contribution in [0.25, 0.3) is 0 Å². The molecule has 3 aromatic rings. The maximum atomic E-state index is 13.8. The van der Waals surface area contributed by atoms with Gasteiger partial charge in [0.15, 0.2) is 0 Å². The van der Waals surface area contributed by atoms with Crippen LogP contribution < -0.4 is 20.3 Å². The Morgan fingerprint density at radius 2 is 1.65 bits per heavy atom. The Bertz CT molecular complexity index is 1610. The van der Waals surface area contributed by atoms with Crippen LogP contribution in [-0.4, -0.2) is 53.5 Å². The van der Waals surface area contributed by atoms with Gasteiger partial charge in [-0.15, -0.1) is 0 Å². The molecule has 1 saturated heterocycles. The van der Waals surface area contributed by atoms with E-state index in [0.717, 1.165) is 25.0 Å². The minimum absolute atomic E-state index is 0.0945. The van der Waals surface area contributed by atoms with E-state index in [2.05, 4.69) is 16.9 Å². The van der Waals surface area contributed by atoms with Gasteiger partial charge < -0.3 is 20.1 Å². The third-order valence-corrected chi connectivity index (χ3v) is 9.04. The molecular formula is C33H38F6N6O3. The van der Waals surface area contributed by atoms with E-state index < -0.39 is 41.2 Å². The van der Waals surface area contributed by atoms with Gasteiger partial charge in [-0.2, -0.15) is 26.3 Å². The number of anilines is 2. The van der Waals surface area contributed by atoms with Crippen molar-refractivity contribution in [3.63, 3.8) is 0 Å². The molecule has 0 spiro atoms. The van der Waals surface area contributed by atoms with Crippen molar-refractivity contribution in [2.75, 3.05) is 36.6 Å². The number of carbonyl (C=O) groups excluding carboxylic acids is 1. The molecule has 4 heterocycles. The molecule has 15 heteroatoms. The first-order valence-electron chi connectivity index (χ1n) is 15.8. The number of hydrogen-bond donors (Lipinski definition) is 1. The van der Waals surface area contributed by atoms with Crippen LogP contribution in [0, 0.1) is 5.92 Å². The highest BCUT2D eigenvalue weighted by Crippen LogP contribution is 2.46. The van der Waals surface area contributed by atoms with E-state index >= 15 is 0 Å². The van der Waals surface area contributed by atoms with Crippen molar-refractivity contribution in [1.82, 2.24) is 15.0 Å². The third-order valence-electron chi connectivity index (χ3n) is 9.04. The number of carbonyl (C=O) groups is 1. The number of alkyl halides is 6. The summed E-state index contributed by atoms with van der Waals surface area (Å²) in [7, 11) is 1.43. The number of nitrogens with zero attached hydrogens (tertiary/aromatic N) is 5. The summed E-state index contributed by atoms with van der Waals surface area (Å²) in [5, 5.41) is 0. The summed E-state index contributed by atoms with van der Waals surface area (Å²) in [6.07, 6.45) is -7.34. The predicted octanol–water partition coefficient (Wildman–Crippen LogP) is 7.31. The van der Waals surface area contributed by atoms with Crippen LogP contribution in [0.15, 0.2) is 36.5 Å². The number of benzene rings is 1. The van der Waals surface area contributed by atoms with Gasteiger partial charge in [0, 0.05) is 25.6 Å². The fourth-order valence-electron chi connectivity index (χ4n) is 6.33. The zero-order chi connectivity index (χ0) is 35.0. The first kappa shape index (κ1) is 35.2. The molecule has 1 amide bonds. The number of fused-ring (bicyclic) bond motifs is 1. The van der Waals surface area contributed by atoms with Crippen LogP contribution in [0.5, 0.6) is 5.88 Å². The van der Waals surface area contributed by atoms with Crippen LogP contribution in [0.4, 0.5) is 42.5 Å². The van der Waals surface area contributed by atoms with Gasteiger partial charge in [-0.3, -0.25) is 4.90 Å². The molecule has 0 bridgehead atoms. The Hall–Kier alpha value is -4.14. The Labute approximate surface area is 274 Å². The summed E-state index contributed by atoms with van der Waals surface area (Å²) < 4.78 is 93.3. The average Bonchev–Trinajstić information content (AvgIpc) is 3.03. The molecule has 2 N–H and O–H groups in total. The van der Waals surface area contributed by atoms with Gasteiger partial charge in [-0.1, -0.05) is 13.8 Å². The fraction of sp³-hybridized carbons (Fsp3) is 0.515. The lowest BCUT2D eigenvalue weighted by Crippen LogP contribution is -2.61. The van der Waals surface area contributed by atoms with Crippen LogP contribution >= 0.6 is 0 Å². The number of amides is 1. The van der Waals surface area contributed by atoms with Crippen molar-refractivity contribution in [2.24, 2.45) is 11.7 Å². The second-order valence-electron chi connectivity index (χ2n) is 12.3. The normalized spacial score (nSPS) is 20.4. The monoisotopic (exact) mass is 680 g/mol. The summed E-state index contributed by atoms with van der Waals surface area (Å²) in [6.45, 7) is 6.94. The highest BCUT2D eigenvalue weighted by molar-refractivity contribution is 5.91. The lowest BCUT2D eigenvalue weighted by molar-refractivity contribution is -0.143. The van der Waals surface area contributed by atoms with Crippen molar-refractivity contribution in [3.05, 3.63) is 70.4 Å². The SMILES string of the molecule is CCOC(=O)N1c2ccc(OC)nc2[C@@H](c2ncc(N3CCC(C)CC3)c(Cc3cc(C(F)(F)F)cc(C(F)(F)F)c3)n2)C[C@@]1(N)CC. The molecule has 0 aliphatic carbocycles. The van der Waals surface area contributed by atoms with Crippen molar-refractivity contribution < 1.29 is 40.6 Å². The van der Waals surface area contributed by atoms with Gasteiger partial charge in [-0.05, 0) is 68.4 Å². The van der Waals surface area contributed by atoms with Crippen molar-refractivity contribution >= 4 is 17.5 Å². The zero-order valence-electron chi connectivity index (χ0n) is 27.1. The zero-order valence-corrected chi connectivity index (χ0v) is 27.1. The van der Waals surface area contributed by atoms with Crippen LogP contribution in [-0.2, 0) is 23.5 Å². The van der Waals surface area contributed by atoms with Gasteiger partial charge in [0.1, 0.15) is 11.5 Å². The lowest BCUT2D eigenvalue weighted by atomic mass is 9.83. The highest BCUT2D eigenvalue weighted by atomic mass is 19.4. The molecule has 9 nitrogen and oxygen atoms in total. The standard InChI is InChI=1S/C33H38F6N6O3/c1-5-31(40)17-23(28-25(7-8-27(43-28)47-4)45(31)30(46)48-6-2)29-41-18-26(44-11-9-19(3)10-12-44)24(42-29)15-20-13-21(32(34,35)36)16-22(14-20)33(37,38)39/h7-8,13-14,16,18-19,23H,5-6,9-12,15,17,40H2,1-4H3/t23-,31+/m0/s1. The van der Waals surface area contributed by atoms with E-state index in [-0.39, 0.29) is 48.5 Å². The molecule has 1 fully saturated rings. The number of nitrogens with two attached hydrogens (primary N) is 1. The second kappa shape index (κ2) is 13.4. The van der Waals surface area contributed by atoms with Gasteiger partial charge in [-0.25, -0.2) is 19.7 Å². The number of halogens is 6. The summed E-state index contributed by atoms with van der Waals surface area (Å²) in [5.41, 5.74) is 4.10. The van der Waals surface area contributed by atoms with E-state index in [4.69, 9.17) is 20.2 Å². The van der Waals surface area contributed by atoms with Gasteiger partial charge >= 0.3 is 18.4 Å². The molecule has 1 aromatic carbocycles. The molecule has 2 aliphatic rings. The number of rotatable bonds is 7. The first-order chi connectivity index (χ1) is 22.6. The minimum Gasteiger partial charge on any atom is -0.481 e. The van der Waals surface area contributed by atoms with E-state index in [1.807, 2.05) is 11.8 Å². The van der Waals surface area contributed by atoms with Crippen molar-refractivity contribution in [3.8, 4) is 5.88 Å². The largest absolute Gasteiger partial charge is 0.481 e. The molecule has 0 unspecified atom stereocenters. The predicted molar refractivity (Wildman–Crippen MR) is 166 cm³/mol. The van der Waals surface area contributed by atoms with Gasteiger partial charge in [0.2, 0.25) is 5.88 Å². The molecule has 5 rings (SSSR count). The van der Waals surface area contributed by atoms with Crippen LogP contribution in [0.2, 0.25) is 0 Å². The van der Waals surface area contributed by atoms with Gasteiger partial charge in [0.05, 0.1) is 59.7 Å². The smallest absolute Gasteiger partial charge is 0.416 e. The second-order valence-corrected chi connectivity index (χ2v) is 12.3. The third kappa shape index (κ3) is 7.15. The average molecular weight is 681 g/mol. The van der Waals surface area contributed by atoms with Crippen molar-refractivity contribution in [2.45, 2.75) is 76.8 Å². The molecule has 48 heavy (non-hydrogen) atoms. The Balaban J connectivity index is 1.67. The highest BCUT2D eigenvalue weighted by Gasteiger charge is 2.47. The molecule has 2 aromatic heterocycles. The maximum Gasteiger partial charge on any atom is 0.416 e. The quantitative estimate of drug-likeness (QED) is 0.259. The fourth-order valence-corrected chi connectivity index (χ4v) is 6.33. The van der Waals surface area contributed by atoms with Crippen molar-refractivity contribution in [1.29, 1.82) is 0 Å². The summed E-state index contributed by atoms with van der Waals surface area (Å²) in [5.74, 6) is 0.186. The maximum absolute atomic E-state index is 13.8. The Morgan fingerprint density at radius 3 is 2.21 bits per heavy atom. The van der Waals surface area contributed by atoms with E-state index in [0.29, 0.717) is 42.5 Å².